The van der Waals surface area contributed by atoms with E-state index in [9.17, 15) is 5.11 Å². The minimum absolute atomic E-state index is 0.294. The molecule has 0 spiro atoms. The van der Waals surface area contributed by atoms with Crippen molar-refractivity contribution in [2.75, 3.05) is 13.2 Å². The quantitative estimate of drug-likeness (QED) is 0.663. The van der Waals surface area contributed by atoms with Crippen molar-refractivity contribution < 1.29 is 9.84 Å². The number of nitrogens with two attached hydrogens (primary N) is 1. The van der Waals surface area contributed by atoms with Gasteiger partial charge in [0, 0.05) is 12.1 Å². The molecule has 82 valence electrons. The molecule has 2 fully saturated rings. The first-order valence-corrected chi connectivity index (χ1v) is 5.46. The predicted molar refractivity (Wildman–Crippen MR) is 54.9 cm³/mol. The van der Waals surface area contributed by atoms with Gasteiger partial charge in [-0.05, 0) is 31.1 Å². The van der Waals surface area contributed by atoms with Crippen LogP contribution in [-0.2, 0) is 4.74 Å². The highest BCUT2D eigenvalue weighted by molar-refractivity contribution is 5.15. The summed E-state index contributed by atoms with van der Waals surface area (Å²) < 4.78 is 5.35. The van der Waals surface area contributed by atoms with E-state index in [0.717, 1.165) is 32.3 Å². The van der Waals surface area contributed by atoms with Gasteiger partial charge in [0.05, 0.1) is 6.61 Å². The summed E-state index contributed by atoms with van der Waals surface area (Å²) in [6.07, 6.45) is 3.52. The van der Waals surface area contributed by atoms with Gasteiger partial charge in [-0.15, -0.1) is 0 Å². The van der Waals surface area contributed by atoms with E-state index in [1.807, 2.05) is 0 Å². The highest BCUT2D eigenvalue weighted by Crippen LogP contribution is 2.52. The number of ether oxygens (including phenoxy) is 1. The summed E-state index contributed by atoms with van der Waals surface area (Å²) in [5.74, 6) is 0. The molecule has 0 amide bonds. The Morgan fingerprint density at radius 1 is 1.29 bits per heavy atom. The van der Waals surface area contributed by atoms with Gasteiger partial charge in [0.15, 0.2) is 0 Å². The Hall–Kier alpha value is -0.120. The third-order valence-corrected chi connectivity index (χ3v) is 3.73. The van der Waals surface area contributed by atoms with Crippen molar-refractivity contribution >= 4 is 0 Å². The summed E-state index contributed by atoms with van der Waals surface area (Å²) in [6, 6.07) is 0. The fourth-order valence-electron chi connectivity index (χ4n) is 3.16. The zero-order valence-electron chi connectivity index (χ0n) is 9.18. The van der Waals surface area contributed by atoms with Crippen LogP contribution in [0.3, 0.4) is 0 Å². The van der Waals surface area contributed by atoms with Crippen LogP contribution in [0.2, 0.25) is 0 Å². The molecule has 1 unspecified atom stereocenters. The van der Waals surface area contributed by atoms with Gasteiger partial charge >= 0.3 is 0 Å². The molecule has 0 radical (unpaired) electrons. The maximum Gasteiger partial charge on any atom is 0.106 e. The van der Waals surface area contributed by atoms with E-state index in [1.54, 1.807) is 0 Å². The van der Waals surface area contributed by atoms with E-state index in [4.69, 9.17) is 10.5 Å². The van der Waals surface area contributed by atoms with E-state index in [2.05, 4.69) is 13.8 Å². The van der Waals surface area contributed by atoms with Crippen LogP contribution in [0.1, 0.15) is 39.5 Å². The molecule has 0 aromatic carbocycles. The summed E-state index contributed by atoms with van der Waals surface area (Å²) in [5.41, 5.74) is 5.37. The molecule has 1 aliphatic heterocycles. The van der Waals surface area contributed by atoms with Crippen LogP contribution >= 0.6 is 0 Å². The Labute approximate surface area is 85.6 Å². The van der Waals surface area contributed by atoms with Gasteiger partial charge in [-0.25, -0.2) is 0 Å². The van der Waals surface area contributed by atoms with E-state index in [-0.39, 0.29) is 0 Å². The molecule has 3 nitrogen and oxygen atoms in total. The van der Waals surface area contributed by atoms with Gasteiger partial charge in [0.25, 0.3) is 0 Å². The van der Waals surface area contributed by atoms with Crippen molar-refractivity contribution in [1.29, 1.82) is 0 Å². The Morgan fingerprint density at radius 3 is 2.36 bits per heavy atom. The third kappa shape index (κ3) is 1.47. The molecule has 1 heterocycles. The third-order valence-electron chi connectivity index (χ3n) is 3.73. The zero-order chi connectivity index (χ0) is 10.4. The van der Waals surface area contributed by atoms with Crippen LogP contribution in [0.25, 0.3) is 0 Å². The van der Waals surface area contributed by atoms with Crippen molar-refractivity contribution in [3.05, 3.63) is 0 Å². The van der Waals surface area contributed by atoms with E-state index < -0.39 is 11.1 Å². The lowest BCUT2D eigenvalue weighted by Gasteiger charge is -2.59. The van der Waals surface area contributed by atoms with Crippen LogP contribution in [0.4, 0.5) is 0 Å². The molecule has 0 aromatic heterocycles. The SMILES string of the molecule is CC1(C)CC(N)(C2(O)CCCOC2)C1. The Balaban J connectivity index is 2.07. The molecular formula is C11H21NO2. The van der Waals surface area contributed by atoms with Crippen LogP contribution < -0.4 is 5.73 Å². The lowest BCUT2D eigenvalue weighted by Crippen LogP contribution is -2.71. The molecule has 1 atom stereocenters. The Kier molecular flexibility index (Phi) is 2.18. The van der Waals surface area contributed by atoms with E-state index in [0.29, 0.717) is 12.0 Å². The van der Waals surface area contributed by atoms with Crippen LogP contribution in [0.5, 0.6) is 0 Å². The average Bonchev–Trinajstić information content (AvgIpc) is 2.01. The minimum atomic E-state index is -0.777. The van der Waals surface area contributed by atoms with Gasteiger partial charge in [0.2, 0.25) is 0 Å². The highest BCUT2D eigenvalue weighted by Gasteiger charge is 2.58. The number of rotatable bonds is 1. The van der Waals surface area contributed by atoms with Crippen molar-refractivity contribution in [3.8, 4) is 0 Å². The van der Waals surface area contributed by atoms with Gasteiger partial charge in [-0.2, -0.15) is 0 Å². The molecule has 2 aliphatic rings. The maximum absolute atomic E-state index is 10.4. The van der Waals surface area contributed by atoms with E-state index >= 15 is 0 Å². The smallest absolute Gasteiger partial charge is 0.106 e. The average molecular weight is 199 g/mol. The second-order valence-corrected chi connectivity index (χ2v) is 5.86. The van der Waals surface area contributed by atoms with Gasteiger partial charge in [0.1, 0.15) is 5.60 Å². The standard InChI is InChI=1S/C11H21NO2/c1-9(2)6-10(12,7-9)11(13)4-3-5-14-8-11/h13H,3-8,12H2,1-2H3. The minimum Gasteiger partial charge on any atom is -0.386 e. The summed E-state index contributed by atoms with van der Waals surface area (Å²) in [6.45, 7) is 5.58. The monoisotopic (exact) mass is 199 g/mol. The Morgan fingerprint density at radius 2 is 1.93 bits per heavy atom. The number of hydrogen-bond donors (Lipinski definition) is 2. The van der Waals surface area contributed by atoms with Gasteiger partial charge in [-0.1, -0.05) is 13.8 Å². The first kappa shape index (κ1) is 10.4. The normalized spacial score (nSPS) is 40.3. The predicted octanol–water partition coefficient (Wildman–Crippen LogP) is 1.05. The second kappa shape index (κ2) is 2.94. The van der Waals surface area contributed by atoms with Crippen LogP contribution in [0, 0.1) is 5.41 Å². The molecule has 2 rings (SSSR count). The first-order chi connectivity index (χ1) is 6.37. The van der Waals surface area contributed by atoms with E-state index in [1.165, 1.54) is 0 Å². The largest absolute Gasteiger partial charge is 0.386 e. The molecule has 14 heavy (non-hydrogen) atoms. The summed E-state index contributed by atoms with van der Waals surface area (Å²) in [4.78, 5) is 0. The number of hydrogen-bond acceptors (Lipinski definition) is 3. The van der Waals surface area contributed by atoms with Crippen molar-refractivity contribution in [1.82, 2.24) is 0 Å². The lowest BCUT2D eigenvalue weighted by atomic mass is 9.53. The summed E-state index contributed by atoms with van der Waals surface area (Å²) >= 11 is 0. The molecule has 3 N–H and O–H groups in total. The molecule has 0 bridgehead atoms. The molecule has 3 heteroatoms. The molecular weight excluding hydrogens is 178 g/mol. The van der Waals surface area contributed by atoms with Crippen LogP contribution in [-0.4, -0.2) is 29.5 Å². The van der Waals surface area contributed by atoms with Gasteiger partial charge < -0.3 is 15.6 Å². The highest BCUT2D eigenvalue weighted by atomic mass is 16.5. The van der Waals surface area contributed by atoms with Crippen LogP contribution in [0.15, 0.2) is 0 Å². The lowest BCUT2D eigenvalue weighted by molar-refractivity contribution is -0.174. The zero-order valence-corrected chi connectivity index (χ0v) is 9.18. The fraction of sp³-hybridized carbons (Fsp3) is 1.00. The van der Waals surface area contributed by atoms with Crippen molar-refractivity contribution in [3.63, 3.8) is 0 Å². The second-order valence-electron chi connectivity index (χ2n) is 5.86. The molecule has 1 aliphatic carbocycles. The number of aliphatic hydroxyl groups is 1. The fourth-order valence-corrected chi connectivity index (χ4v) is 3.16. The molecule has 1 saturated heterocycles. The van der Waals surface area contributed by atoms with Gasteiger partial charge in [-0.3, -0.25) is 0 Å². The van der Waals surface area contributed by atoms with Crippen molar-refractivity contribution in [2.45, 2.75) is 50.7 Å². The Bertz CT molecular complexity index is 223. The molecule has 1 saturated carbocycles. The first-order valence-electron chi connectivity index (χ1n) is 5.46. The van der Waals surface area contributed by atoms with Crippen molar-refractivity contribution in [2.24, 2.45) is 11.1 Å². The summed E-state index contributed by atoms with van der Waals surface area (Å²) in [5, 5.41) is 10.4. The molecule has 0 aromatic rings. The topological polar surface area (TPSA) is 55.5 Å². The summed E-state index contributed by atoms with van der Waals surface area (Å²) in [7, 11) is 0. The maximum atomic E-state index is 10.4.